The van der Waals surface area contributed by atoms with Crippen LogP contribution in [0.1, 0.15) is 16.1 Å². The molecule has 0 atom stereocenters. The van der Waals surface area contributed by atoms with Crippen molar-refractivity contribution in [1.29, 1.82) is 0 Å². The van der Waals surface area contributed by atoms with E-state index < -0.39 is 5.91 Å². The molecule has 0 saturated heterocycles. The molecule has 1 heterocycles. The number of nitrogens with two attached hydrogens (primary N) is 1. The van der Waals surface area contributed by atoms with Crippen LogP contribution in [-0.4, -0.2) is 23.4 Å². The summed E-state index contributed by atoms with van der Waals surface area (Å²) in [6.07, 6.45) is 1.62. The van der Waals surface area contributed by atoms with Crippen molar-refractivity contribution in [2.75, 3.05) is 11.9 Å². The highest BCUT2D eigenvalue weighted by atomic mass is 16.5. The molecular weight excluding hydrogens is 270 g/mol. The van der Waals surface area contributed by atoms with Crippen molar-refractivity contribution in [2.24, 2.45) is 5.73 Å². The van der Waals surface area contributed by atoms with E-state index in [0.29, 0.717) is 17.0 Å². The average molecular weight is 285 g/mol. The number of hydrogen-bond acceptors (Lipinski definition) is 4. The second-order valence-electron chi connectivity index (χ2n) is 4.41. The number of nitrogens with zero attached hydrogens (tertiary/aromatic N) is 1. The van der Waals surface area contributed by atoms with Crippen LogP contribution in [0.15, 0.2) is 42.6 Å². The zero-order chi connectivity index (χ0) is 15.2. The molecule has 2 rings (SSSR count). The molecule has 1 aromatic carbocycles. The Bertz CT molecular complexity index is 653. The summed E-state index contributed by atoms with van der Waals surface area (Å²) >= 11 is 0. The van der Waals surface area contributed by atoms with Crippen LogP contribution in [0.5, 0.6) is 5.75 Å². The summed E-state index contributed by atoms with van der Waals surface area (Å²) in [7, 11) is 0. The van der Waals surface area contributed by atoms with Crippen molar-refractivity contribution in [3.8, 4) is 5.75 Å². The number of nitrogens with one attached hydrogen (secondary N) is 1. The summed E-state index contributed by atoms with van der Waals surface area (Å²) in [4.78, 5) is 26.7. The van der Waals surface area contributed by atoms with Gasteiger partial charge in [-0.3, -0.25) is 14.6 Å². The van der Waals surface area contributed by atoms with Crippen molar-refractivity contribution in [2.45, 2.75) is 6.92 Å². The molecule has 1 aromatic heterocycles. The molecule has 2 aromatic rings. The van der Waals surface area contributed by atoms with Crippen LogP contribution < -0.4 is 15.8 Å². The highest BCUT2D eigenvalue weighted by Gasteiger charge is 2.05. The van der Waals surface area contributed by atoms with E-state index in [1.165, 1.54) is 0 Å². The van der Waals surface area contributed by atoms with Crippen molar-refractivity contribution < 1.29 is 14.3 Å². The Morgan fingerprint density at radius 3 is 2.57 bits per heavy atom. The fourth-order valence-electron chi connectivity index (χ4n) is 1.68. The number of benzene rings is 1. The fourth-order valence-corrected chi connectivity index (χ4v) is 1.68. The molecule has 0 aliphatic carbocycles. The Kier molecular flexibility index (Phi) is 4.50. The van der Waals surface area contributed by atoms with Gasteiger partial charge in [-0.25, -0.2) is 0 Å². The molecule has 0 aliphatic heterocycles. The van der Waals surface area contributed by atoms with Crippen LogP contribution in [0.3, 0.4) is 0 Å². The van der Waals surface area contributed by atoms with E-state index in [0.717, 1.165) is 5.69 Å². The highest BCUT2D eigenvalue weighted by Crippen LogP contribution is 2.12. The first-order valence-corrected chi connectivity index (χ1v) is 6.30. The summed E-state index contributed by atoms with van der Waals surface area (Å²) in [5.41, 5.74) is 7.01. The lowest BCUT2D eigenvalue weighted by Crippen LogP contribution is -2.20. The molecule has 2 amide bonds. The molecule has 6 nitrogen and oxygen atoms in total. The minimum atomic E-state index is -0.507. The molecule has 0 radical (unpaired) electrons. The van der Waals surface area contributed by atoms with E-state index in [2.05, 4.69) is 10.3 Å². The molecule has 21 heavy (non-hydrogen) atoms. The minimum absolute atomic E-state index is 0.128. The van der Waals surface area contributed by atoms with Gasteiger partial charge in [0.25, 0.3) is 5.91 Å². The zero-order valence-electron chi connectivity index (χ0n) is 11.5. The molecular formula is C15H15N3O3. The van der Waals surface area contributed by atoms with Crippen LogP contribution in [0.2, 0.25) is 0 Å². The third-order valence-electron chi connectivity index (χ3n) is 2.69. The van der Waals surface area contributed by atoms with Gasteiger partial charge in [0.05, 0.1) is 0 Å². The Balaban J connectivity index is 1.87. The number of pyridine rings is 1. The number of anilines is 1. The van der Waals surface area contributed by atoms with Crippen molar-refractivity contribution in [3.05, 3.63) is 53.9 Å². The second kappa shape index (κ2) is 6.51. The standard InChI is InChI=1S/C15H15N3O3/c1-10-8-12(6-7-17-10)18-14(19)9-21-13-4-2-11(3-5-13)15(16)20/h2-8H,9H2,1H3,(H2,16,20)(H,17,18,19). The summed E-state index contributed by atoms with van der Waals surface area (Å²) < 4.78 is 5.33. The number of amides is 2. The van der Waals surface area contributed by atoms with Gasteiger partial charge >= 0.3 is 0 Å². The summed E-state index contributed by atoms with van der Waals surface area (Å²) in [5.74, 6) is -0.298. The number of primary amides is 1. The molecule has 0 spiro atoms. The lowest BCUT2D eigenvalue weighted by atomic mass is 10.2. The normalized spacial score (nSPS) is 9.95. The maximum Gasteiger partial charge on any atom is 0.262 e. The smallest absolute Gasteiger partial charge is 0.262 e. The summed E-state index contributed by atoms with van der Waals surface area (Å²) in [6.45, 7) is 1.71. The van der Waals surface area contributed by atoms with Gasteiger partial charge in [-0.1, -0.05) is 0 Å². The van der Waals surface area contributed by atoms with Crippen LogP contribution in [-0.2, 0) is 4.79 Å². The second-order valence-corrected chi connectivity index (χ2v) is 4.41. The molecule has 0 aliphatic rings. The molecule has 6 heteroatoms. The van der Waals surface area contributed by atoms with Crippen molar-refractivity contribution in [1.82, 2.24) is 4.98 Å². The van der Waals surface area contributed by atoms with E-state index >= 15 is 0 Å². The molecule has 0 fully saturated rings. The molecule has 0 bridgehead atoms. The first-order valence-electron chi connectivity index (χ1n) is 6.30. The van der Waals surface area contributed by atoms with Crippen molar-refractivity contribution >= 4 is 17.5 Å². The van der Waals surface area contributed by atoms with Crippen LogP contribution >= 0.6 is 0 Å². The third kappa shape index (κ3) is 4.31. The Morgan fingerprint density at radius 1 is 1.24 bits per heavy atom. The number of hydrogen-bond donors (Lipinski definition) is 2. The number of carbonyl (C=O) groups is 2. The van der Waals surface area contributed by atoms with Gasteiger partial charge in [-0.2, -0.15) is 0 Å². The molecule has 108 valence electrons. The number of rotatable bonds is 5. The van der Waals surface area contributed by atoms with Gasteiger partial charge in [0.1, 0.15) is 5.75 Å². The van der Waals surface area contributed by atoms with Gasteiger partial charge in [-0.05, 0) is 43.3 Å². The predicted octanol–water partition coefficient (Wildman–Crippen LogP) is 1.51. The topological polar surface area (TPSA) is 94.3 Å². The lowest BCUT2D eigenvalue weighted by Gasteiger charge is -2.08. The van der Waals surface area contributed by atoms with E-state index in [-0.39, 0.29) is 12.5 Å². The monoisotopic (exact) mass is 285 g/mol. The van der Waals surface area contributed by atoms with Crippen molar-refractivity contribution in [3.63, 3.8) is 0 Å². The van der Waals surface area contributed by atoms with E-state index in [4.69, 9.17) is 10.5 Å². The first kappa shape index (κ1) is 14.5. The molecule has 0 unspecified atom stereocenters. The minimum Gasteiger partial charge on any atom is -0.484 e. The first-order chi connectivity index (χ1) is 10.0. The Morgan fingerprint density at radius 2 is 1.95 bits per heavy atom. The van der Waals surface area contributed by atoms with Gasteiger partial charge < -0.3 is 15.8 Å². The van der Waals surface area contributed by atoms with E-state index in [9.17, 15) is 9.59 Å². The molecule has 0 saturated carbocycles. The quantitative estimate of drug-likeness (QED) is 0.870. The zero-order valence-corrected chi connectivity index (χ0v) is 11.5. The Hall–Kier alpha value is -2.89. The van der Waals surface area contributed by atoms with E-state index in [1.54, 1.807) is 42.6 Å². The number of carbonyl (C=O) groups excluding carboxylic acids is 2. The van der Waals surface area contributed by atoms with E-state index in [1.807, 2.05) is 6.92 Å². The van der Waals surface area contributed by atoms with Crippen LogP contribution in [0, 0.1) is 6.92 Å². The lowest BCUT2D eigenvalue weighted by molar-refractivity contribution is -0.118. The van der Waals surface area contributed by atoms with Gasteiger partial charge in [-0.15, -0.1) is 0 Å². The Labute approximate surface area is 121 Å². The number of ether oxygens (including phenoxy) is 1. The summed E-state index contributed by atoms with van der Waals surface area (Å²) in [6, 6.07) is 9.73. The third-order valence-corrected chi connectivity index (χ3v) is 2.69. The largest absolute Gasteiger partial charge is 0.484 e. The van der Waals surface area contributed by atoms with Crippen LogP contribution in [0.25, 0.3) is 0 Å². The van der Waals surface area contributed by atoms with Crippen LogP contribution in [0.4, 0.5) is 5.69 Å². The van der Waals surface area contributed by atoms with Gasteiger partial charge in [0.15, 0.2) is 6.61 Å². The maximum atomic E-state index is 11.7. The van der Waals surface area contributed by atoms with Gasteiger partial charge in [0.2, 0.25) is 5.91 Å². The highest BCUT2D eigenvalue weighted by molar-refractivity contribution is 5.93. The summed E-state index contributed by atoms with van der Waals surface area (Å²) in [5, 5.41) is 2.70. The SMILES string of the molecule is Cc1cc(NC(=O)COc2ccc(C(N)=O)cc2)ccn1. The average Bonchev–Trinajstić information content (AvgIpc) is 2.45. The maximum absolute atomic E-state index is 11.7. The fraction of sp³-hybridized carbons (Fsp3) is 0.133. The molecule has 3 N–H and O–H groups in total. The number of aryl methyl sites for hydroxylation is 1. The predicted molar refractivity (Wildman–Crippen MR) is 78.1 cm³/mol. The van der Waals surface area contributed by atoms with Gasteiger partial charge in [0, 0.05) is 23.1 Å². The number of aromatic nitrogens is 1.